The third-order valence-electron chi connectivity index (χ3n) is 3.02. The summed E-state index contributed by atoms with van der Waals surface area (Å²) in [6.45, 7) is 2.09. The number of anilines is 1. The lowest BCUT2D eigenvalue weighted by atomic mass is 10.0. The van der Waals surface area contributed by atoms with Crippen LogP contribution in [0.5, 0.6) is 0 Å². The van der Waals surface area contributed by atoms with E-state index in [1.165, 1.54) is 17.5 Å². The van der Waals surface area contributed by atoms with Gasteiger partial charge in [-0.1, -0.05) is 35.9 Å². The first-order valence-electron chi connectivity index (χ1n) is 5.81. The van der Waals surface area contributed by atoms with Crippen LogP contribution in [0.2, 0.25) is 0 Å². The zero-order valence-corrected chi connectivity index (χ0v) is 10.1. The zero-order valence-electron chi connectivity index (χ0n) is 10.1. The van der Waals surface area contributed by atoms with E-state index in [1.54, 1.807) is 0 Å². The predicted molar refractivity (Wildman–Crippen MR) is 74.1 cm³/mol. The molecule has 3 aromatic rings. The van der Waals surface area contributed by atoms with Gasteiger partial charge in [-0.25, -0.2) is 9.97 Å². The number of nitrogens with two attached hydrogens (primary N) is 1. The van der Waals surface area contributed by atoms with E-state index in [1.807, 2.05) is 12.1 Å². The van der Waals surface area contributed by atoms with Gasteiger partial charge >= 0.3 is 0 Å². The molecule has 0 saturated heterocycles. The maximum atomic E-state index is 5.88. The first kappa shape index (κ1) is 10.7. The van der Waals surface area contributed by atoms with Gasteiger partial charge in [0.25, 0.3) is 0 Å². The van der Waals surface area contributed by atoms with Gasteiger partial charge in [0.15, 0.2) is 0 Å². The summed E-state index contributed by atoms with van der Waals surface area (Å²) in [5, 5.41) is 0.900. The summed E-state index contributed by atoms with van der Waals surface area (Å²) >= 11 is 0. The highest BCUT2D eigenvalue weighted by molar-refractivity contribution is 5.91. The Morgan fingerprint density at radius 2 is 1.78 bits per heavy atom. The first-order valence-corrected chi connectivity index (χ1v) is 5.81. The van der Waals surface area contributed by atoms with Crippen LogP contribution in [0.15, 0.2) is 48.8 Å². The fraction of sp³-hybridized carbons (Fsp3) is 0.0667. The van der Waals surface area contributed by atoms with Crippen LogP contribution in [-0.4, -0.2) is 9.97 Å². The Kier molecular flexibility index (Phi) is 2.45. The highest BCUT2D eigenvalue weighted by Crippen LogP contribution is 2.26. The van der Waals surface area contributed by atoms with Gasteiger partial charge in [-0.2, -0.15) is 0 Å². The van der Waals surface area contributed by atoms with Crippen LogP contribution in [0.25, 0.3) is 22.0 Å². The van der Waals surface area contributed by atoms with Crippen molar-refractivity contribution < 1.29 is 0 Å². The molecule has 0 radical (unpaired) electrons. The summed E-state index contributed by atoms with van der Waals surface area (Å²) in [6, 6.07) is 14.5. The van der Waals surface area contributed by atoms with E-state index in [0.717, 1.165) is 16.5 Å². The van der Waals surface area contributed by atoms with Gasteiger partial charge in [0.1, 0.15) is 12.1 Å². The highest BCUT2D eigenvalue weighted by Gasteiger charge is 2.03. The van der Waals surface area contributed by atoms with Crippen LogP contribution in [0, 0.1) is 6.92 Å². The van der Waals surface area contributed by atoms with Gasteiger partial charge in [-0.3, -0.25) is 0 Å². The Balaban J connectivity index is 2.22. The molecule has 88 valence electrons. The normalized spacial score (nSPS) is 10.7. The van der Waals surface area contributed by atoms with Gasteiger partial charge in [0.2, 0.25) is 0 Å². The zero-order chi connectivity index (χ0) is 12.5. The maximum Gasteiger partial charge on any atom is 0.134 e. The van der Waals surface area contributed by atoms with Crippen molar-refractivity contribution >= 4 is 16.7 Å². The van der Waals surface area contributed by atoms with E-state index >= 15 is 0 Å². The number of nitrogen functional groups attached to an aromatic ring is 1. The first-order chi connectivity index (χ1) is 8.74. The Labute approximate surface area is 105 Å². The van der Waals surface area contributed by atoms with Crippen molar-refractivity contribution in [3.05, 3.63) is 54.4 Å². The van der Waals surface area contributed by atoms with Crippen molar-refractivity contribution in [1.29, 1.82) is 0 Å². The lowest BCUT2D eigenvalue weighted by Gasteiger charge is -2.05. The molecule has 3 heteroatoms. The fourth-order valence-corrected chi connectivity index (χ4v) is 2.08. The second kappa shape index (κ2) is 4.11. The van der Waals surface area contributed by atoms with E-state index in [2.05, 4.69) is 47.2 Å². The number of nitrogens with zero attached hydrogens (tertiary/aromatic N) is 2. The van der Waals surface area contributed by atoms with Crippen molar-refractivity contribution in [3.63, 3.8) is 0 Å². The molecule has 0 spiro atoms. The van der Waals surface area contributed by atoms with Crippen molar-refractivity contribution in [3.8, 4) is 11.1 Å². The summed E-state index contributed by atoms with van der Waals surface area (Å²) in [7, 11) is 0. The molecule has 0 fully saturated rings. The average molecular weight is 235 g/mol. The molecule has 0 amide bonds. The Morgan fingerprint density at radius 3 is 2.61 bits per heavy atom. The highest BCUT2D eigenvalue weighted by atomic mass is 14.9. The Hall–Kier alpha value is -2.42. The molecule has 0 unspecified atom stereocenters. The minimum atomic E-state index is 0.523. The molecule has 2 N–H and O–H groups in total. The molecule has 1 heterocycles. The molecular formula is C15H13N3. The topological polar surface area (TPSA) is 51.8 Å². The number of aryl methyl sites for hydroxylation is 1. The van der Waals surface area contributed by atoms with Crippen LogP contribution < -0.4 is 5.73 Å². The minimum absolute atomic E-state index is 0.523. The number of benzene rings is 2. The molecule has 0 saturated carbocycles. The van der Waals surface area contributed by atoms with Gasteiger partial charge in [0.05, 0.1) is 5.52 Å². The van der Waals surface area contributed by atoms with Gasteiger partial charge in [-0.05, 0) is 30.2 Å². The van der Waals surface area contributed by atoms with Crippen LogP contribution >= 0.6 is 0 Å². The number of hydrogen-bond donors (Lipinski definition) is 1. The largest absolute Gasteiger partial charge is 0.383 e. The molecule has 0 aliphatic carbocycles. The third-order valence-corrected chi connectivity index (χ3v) is 3.02. The van der Waals surface area contributed by atoms with E-state index in [9.17, 15) is 0 Å². The van der Waals surface area contributed by atoms with Crippen molar-refractivity contribution in [2.45, 2.75) is 6.92 Å². The molecule has 1 aromatic heterocycles. The Bertz CT molecular complexity index is 720. The monoisotopic (exact) mass is 235 g/mol. The van der Waals surface area contributed by atoms with Crippen LogP contribution in [0.4, 0.5) is 5.82 Å². The summed E-state index contributed by atoms with van der Waals surface area (Å²) < 4.78 is 0. The molecule has 3 rings (SSSR count). The smallest absolute Gasteiger partial charge is 0.134 e. The van der Waals surface area contributed by atoms with Crippen molar-refractivity contribution in [2.75, 3.05) is 5.73 Å². The Morgan fingerprint density at radius 1 is 0.944 bits per heavy atom. The quantitative estimate of drug-likeness (QED) is 0.704. The lowest BCUT2D eigenvalue weighted by molar-refractivity contribution is 1.23. The van der Waals surface area contributed by atoms with Gasteiger partial charge in [-0.15, -0.1) is 0 Å². The molecule has 0 aliphatic heterocycles. The molecule has 18 heavy (non-hydrogen) atoms. The number of aromatic nitrogens is 2. The molecule has 0 atom stereocenters. The van der Waals surface area contributed by atoms with Gasteiger partial charge < -0.3 is 5.73 Å². The van der Waals surface area contributed by atoms with E-state index in [4.69, 9.17) is 5.73 Å². The van der Waals surface area contributed by atoms with E-state index < -0.39 is 0 Å². The van der Waals surface area contributed by atoms with Crippen LogP contribution in [-0.2, 0) is 0 Å². The maximum absolute atomic E-state index is 5.88. The van der Waals surface area contributed by atoms with Crippen molar-refractivity contribution in [2.24, 2.45) is 0 Å². The van der Waals surface area contributed by atoms with Crippen LogP contribution in [0.3, 0.4) is 0 Å². The predicted octanol–water partition coefficient (Wildman–Crippen LogP) is 3.19. The van der Waals surface area contributed by atoms with E-state index in [0.29, 0.717) is 5.82 Å². The summed E-state index contributed by atoms with van der Waals surface area (Å²) in [5.41, 5.74) is 10.3. The molecule has 0 aliphatic rings. The summed E-state index contributed by atoms with van der Waals surface area (Å²) in [4.78, 5) is 8.23. The molecule has 2 aromatic carbocycles. The second-order valence-electron chi connectivity index (χ2n) is 4.36. The SMILES string of the molecule is Cc1cccc(-c2ccc3ncnc(N)c3c2)c1. The lowest BCUT2D eigenvalue weighted by Crippen LogP contribution is -1.93. The standard InChI is InChI=1S/C15H13N3/c1-10-3-2-4-11(7-10)12-5-6-14-13(8-12)15(16)18-9-17-14/h2-9H,1H3,(H2,16,17,18). The minimum Gasteiger partial charge on any atom is -0.383 e. The third kappa shape index (κ3) is 1.80. The number of hydrogen-bond acceptors (Lipinski definition) is 3. The second-order valence-corrected chi connectivity index (χ2v) is 4.36. The number of rotatable bonds is 1. The summed E-state index contributed by atoms with van der Waals surface area (Å²) in [5.74, 6) is 0.523. The van der Waals surface area contributed by atoms with Gasteiger partial charge in [0, 0.05) is 5.39 Å². The summed E-state index contributed by atoms with van der Waals surface area (Å²) in [6.07, 6.45) is 1.49. The number of fused-ring (bicyclic) bond motifs is 1. The van der Waals surface area contributed by atoms with E-state index in [-0.39, 0.29) is 0 Å². The molecule has 3 nitrogen and oxygen atoms in total. The van der Waals surface area contributed by atoms with Crippen LogP contribution in [0.1, 0.15) is 5.56 Å². The average Bonchev–Trinajstić information content (AvgIpc) is 2.39. The molecular weight excluding hydrogens is 222 g/mol. The molecule has 0 bridgehead atoms. The fourth-order valence-electron chi connectivity index (χ4n) is 2.08. The van der Waals surface area contributed by atoms with Crippen molar-refractivity contribution in [1.82, 2.24) is 9.97 Å².